The third kappa shape index (κ3) is 5.45. The molecule has 12 unspecified atom stereocenters. The van der Waals surface area contributed by atoms with E-state index in [9.17, 15) is 34.8 Å². The van der Waals surface area contributed by atoms with Gasteiger partial charge in [-0.15, -0.1) is 6.58 Å². The molecule has 4 N–H and O–H groups in total. The number of rotatable bonds is 8. The summed E-state index contributed by atoms with van der Waals surface area (Å²) in [5.41, 5.74) is 0.111. The summed E-state index contributed by atoms with van der Waals surface area (Å²) < 4.78 is 27.7. The van der Waals surface area contributed by atoms with Crippen molar-refractivity contribution < 1.29 is 58.5 Å². The van der Waals surface area contributed by atoms with Gasteiger partial charge in [-0.05, 0) is 18.3 Å². The van der Waals surface area contributed by atoms with Crippen LogP contribution < -0.4 is 0 Å². The van der Waals surface area contributed by atoms with E-state index in [1.807, 2.05) is 6.92 Å². The lowest BCUT2D eigenvalue weighted by Gasteiger charge is -2.43. The van der Waals surface area contributed by atoms with E-state index in [-0.39, 0.29) is 42.1 Å². The lowest BCUT2D eigenvalue weighted by Crippen LogP contribution is -2.60. The highest BCUT2D eigenvalue weighted by molar-refractivity contribution is 5.89. The molecule has 1 saturated carbocycles. The van der Waals surface area contributed by atoms with Gasteiger partial charge in [0.25, 0.3) is 0 Å². The summed E-state index contributed by atoms with van der Waals surface area (Å²) in [6, 6.07) is 0. The highest BCUT2D eigenvalue weighted by Gasteiger charge is 2.49. The third-order valence-corrected chi connectivity index (χ3v) is 8.01. The number of esters is 2. The van der Waals surface area contributed by atoms with Gasteiger partial charge < -0.3 is 48.9 Å². The van der Waals surface area contributed by atoms with Crippen LogP contribution in [-0.2, 0) is 38.1 Å². The van der Waals surface area contributed by atoms with Gasteiger partial charge in [-0.3, -0.25) is 4.79 Å². The molecule has 0 aromatic heterocycles. The first-order valence-electron chi connectivity index (χ1n) is 12.4. The van der Waals surface area contributed by atoms with Crippen LogP contribution in [0.3, 0.4) is 0 Å². The van der Waals surface area contributed by atoms with Crippen molar-refractivity contribution in [2.45, 2.75) is 69.3 Å². The molecule has 0 aromatic carbocycles. The van der Waals surface area contributed by atoms with E-state index in [2.05, 4.69) is 6.58 Å². The number of aldehydes is 1. The lowest BCUT2D eigenvalue weighted by molar-refractivity contribution is -0.339. The van der Waals surface area contributed by atoms with Gasteiger partial charge in [-0.25, -0.2) is 4.79 Å². The van der Waals surface area contributed by atoms with Crippen LogP contribution in [0.5, 0.6) is 0 Å². The summed E-state index contributed by atoms with van der Waals surface area (Å²) in [6.45, 7) is 5.39. The Balaban J connectivity index is 1.47. The van der Waals surface area contributed by atoms with Crippen molar-refractivity contribution in [2.75, 3.05) is 13.2 Å². The average Bonchev–Trinajstić information content (AvgIpc) is 3.18. The topological polar surface area (TPSA) is 178 Å². The van der Waals surface area contributed by atoms with E-state index < -0.39 is 67.5 Å². The van der Waals surface area contributed by atoms with Gasteiger partial charge in [0.15, 0.2) is 6.29 Å². The molecule has 206 valence electrons. The highest BCUT2D eigenvalue weighted by atomic mass is 16.8. The van der Waals surface area contributed by atoms with E-state index in [4.69, 9.17) is 23.7 Å². The van der Waals surface area contributed by atoms with E-state index in [1.165, 1.54) is 6.08 Å². The molecule has 4 rings (SSSR count). The van der Waals surface area contributed by atoms with E-state index in [1.54, 1.807) is 0 Å². The van der Waals surface area contributed by atoms with Crippen LogP contribution in [0.1, 0.15) is 26.2 Å². The predicted octanol–water partition coefficient (Wildman–Crippen LogP) is -0.819. The van der Waals surface area contributed by atoms with Crippen LogP contribution in [0.4, 0.5) is 0 Å². The molecule has 0 spiro atoms. The number of hydrogen-bond donors (Lipinski definition) is 4. The van der Waals surface area contributed by atoms with Crippen LogP contribution >= 0.6 is 0 Å². The van der Waals surface area contributed by atoms with Gasteiger partial charge in [-0.2, -0.15) is 0 Å². The number of fused-ring (bicyclic) bond motifs is 1. The molecular weight excluding hydrogens is 492 g/mol. The monoisotopic (exact) mass is 526 g/mol. The fourth-order valence-electron chi connectivity index (χ4n) is 5.75. The molecule has 37 heavy (non-hydrogen) atoms. The molecule has 1 aliphatic carbocycles. The molecule has 3 fully saturated rings. The third-order valence-electron chi connectivity index (χ3n) is 8.01. The molecule has 0 amide bonds. The quantitative estimate of drug-likeness (QED) is 0.176. The summed E-state index contributed by atoms with van der Waals surface area (Å²) in [4.78, 5) is 36.4. The molecule has 12 heteroatoms. The maximum absolute atomic E-state index is 13.2. The Bertz CT molecular complexity index is 902. The standard InChI is InChI=1S/C25H34O12/c1-3-13-14(4-5-26)16(23(32)35-17-6-12-7-19(28)33-9-15(12)11(17)2)10-34-24(13)37-25-22(31)21(30)20(29)18(8-27)36-25/h3,5,10-15,17-18,20-22,24-25,27,29-31H,1,4,6-9H2,2H3. The second kappa shape index (κ2) is 11.6. The Morgan fingerprint density at radius 2 is 1.97 bits per heavy atom. The summed E-state index contributed by atoms with van der Waals surface area (Å²) >= 11 is 0. The molecule has 0 radical (unpaired) electrons. The van der Waals surface area contributed by atoms with Crippen LogP contribution in [0, 0.1) is 29.6 Å². The van der Waals surface area contributed by atoms with Gasteiger partial charge in [0.2, 0.25) is 6.29 Å². The Labute approximate surface area is 213 Å². The van der Waals surface area contributed by atoms with Crippen molar-refractivity contribution in [3.63, 3.8) is 0 Å². The predicted molar refractivity (Wildman–Crippen MR) is 122 cm³/mol. The molecule has 12 nitrogen and oxygen atoms in total. The first kappa shape index (κ1) is 27.7. The van der Waals surface area contributed by atoms with Crippen molar-refractivity contribution in [1.82, 2.24) is 0 Å². The number of aliphatic hydroxyl groups is 4. The first-order chi connectivity index (χ1) is 17.7. The molecule has 0 aromatic rings. The second-order valence-electron chi connectivity index (χ2n) is 10.1. The van der Waals surface area contributed by atoms with Crippen molar-refractivity contribution in [3.05, 3.63) is 24.5 Å². The van der Waals surface area contributed by atoms with Gasteiger partial charge >= 0.3 is 11.9 Å². The lowest BCUT2D eigenvalue weighted by atomic mass is 9.82. The van der Waals surface area contributed by atoms with Crippen LogP contribution in [-0.4, -0.2) is 95.0 Å². The zero-order valence-corrected chi connectivity index (χ0v) is 20.5. The maximum atomic E-state index is 13.2. The number of ether oxygens (including phenoxy) is 5. The van der Waals surface area contributed by atoms with E-state index >= 15 is 0 Å². The Morgan fingerprint density at radius 3 is 2.65 bits per heavy atom. The van der Waals surface area contributed by atoms with Gasteiger partial charge in [-0.1, -0.05) is 13.0 Å². The largest absolute Gasteiger partial charge is 0.471 e. The minimum Gasteiger partial charge on any atom is -0.471 e. The van der Waals surface area contributed by atoms with Crippen LogP contribution in [0.25, 0.3) is 0 Å². The summed E-state index contributed by atoms with van der Waals surface area (Å²) in [6.07, 6.45) is -5.14. The maximum Gasteiger partial charge on any atom is 0.337 e. The fraction of sp³-hybridized carbons (Fsp3) is 0.720. The summed E-state index contributed by atoms with van der Waals surface area (Å²) in [5.74, 6) is -2.23. The van der Waals surface area contributed by atoms with Crippen molar-refractivity contribution >= 4 is 18.2 Å². The van der Waals surface area contributed by atoms with Crippen molar-refractivity contribution in [3.8, 4) is 0 Å². The van der Waals surface area contributed by atoms with Gasteiger partial charge in [0.05, 0.1) is 25.0 Å². The zero-order valence-electron chi connectivity index (χ0n) is 20.5. The number of carbonyl (C=O) groups excluding carboxylic acids is 3. The highest BCUT2D eigenvalue weighted by Crippen LogP contribution is 2.44. The van der Waals surface area contributed by atoms with Gasteiger partial charge in [0, 0.05) is 30.6 Å². The Hall–Kier alpha value is -2.35. The Morgan fingerprint density at radius 1 is 1.22 bits per heavy atom. The molecule has 4 aliphatic rings. The minimum absolute atomic E-state index is 0.0193. The summed E-state index contributed by atoms with van der Waals surface area (Å²) in [5, 5.41) is 39.7. The number of aliphatic hydroxyl groups excluding tert-OH is 4. The SMILES string of the molecule is C=CC1C(OC2OC(CO)C(O)C(O)C2O)OC=C(C(=O)OC2CC3CC(=O)OCC3C2C)C1CC=O. The fourth-order valence-corrected chi connectivity index (χ4v) is 5.75. The normalized spacial score (nSPS) is 43.6. The number of carbonyl (C=O) groups is 3. The number of hydrogen-bond acceptors (Lipinski definition) is 12. The first-order valence-corrected chi connectivity index (χ1v) is 12.4. The van der Waals surface area contributed by atoms with E-state index in [0.29, 0.717) is 19.3 Å². The van der Waals surface area contributed by atoms with Gasteiger partial charge in [0.1, 0.15) is 36.8 Å². The molecule has 3 aliphatic heterocycles. The molecule has 0 bridgehead atoms. The van der Waals surface area contributed by atoms with Crippen LogP contribution in [0.2, 0.25) is 0 Å². The van der Waals surface area contributed by atoms with Crippen molar-refractivity contribution in [2.24, 2.45) is 29.6 Å². The molecule has 2 saturated heterocycles. The van der Waals surface area contributed by atoms with E-state index in [0.717, 1.165) is 6.26 Å². The molecule has 3 heterocycles. The number of cyclic esters (lactones) is 1. The Kier molecular flexibility index (Phi) is 8.66. The molecular formula is C25H34O12. The minimum atomic E-state index is -1.66. The molecule has 12 atom stereocenters. The zero-order chi connectivity index (χ0) is 26.9. The van der Waals surface area contributed by atoms with Crippen molar-refractivity contribution in [1.29, 1.82) is 0 Å². The summed E-state index contributed by atoms with van der Waals surface area (Å²) in [7, 11) is 0. The second-order valence-corrected chi connectivity index (χ2v) is 10.1. The average molecular weight is 527 g/mol. The van der Waals surface area contributed by atoms with Crippen LogP contribution in [0.15, 0.2) is 24.5 Å². The smallest absolute Gasteiger partial charge is 0.337 e.